The van der Waals surface area contributed by atoms with E-state index in [0.717, 1.165) is 28.6 Å². The highest BCUT2D eigenvalue weighted by molar-refractivity contribution is 6.10. The first-order valence-corrected chi connectivity index (χ1v) is 7.51. The summed E-state index contributed by atoms with van der Waals surface area (Å²) in [5.41, 5.74) is 3.82. The highest BCUT2D eigenvalue weighted by atomic mass is 16.1. The number of ketones is 1. The first-order valence-electron chi connectivity index (χ1n) is 7.51. The van der Waals surface area contributed by atoms with Gasteiger partial charge in [-0.25, -0.2) is 0 Å². The maximum atomic E-state index is 12.7. The van der Waals surface area contributed by atoms with Crippen molar-refractivity contribution in [2.75, 3.05) is 20.6 Å². The topological polar surface area (TPSA) is 36.1 Å². The number of nitrogens with zero attached hydrogens (tertiary/aromatic N) is 1. The number of H-pyrrole nitrogens is 1. The molecule has 0 bridgehead atoms. The van der Waals surface area contributed by atoms with Gasteiger partial charge in [-0.2, -0.15) is 0 Å². The molecule has 3 aromatic rings. The van der Waals surface area contributed by atoms with E-state index in [-0.39, 0.29) is 5.78 Å². The zero-order chi connectivity index (χ0) is 15.5. The van der Waals surface area contributed by atoms with Gasteiger partial charge in [-0.05, 0) is 25.7 Å². The summed E-state index contributed by atoms with van der Waals surface area (Å²) in [6.45, 7) is 0.752. The van der Waals surface area contributed by atoms with Crippen molar-refractivity contribution in [2.24, 2.45) is 0 Å². The molecule has 0 saturated heterocycles. The molecule has 0 radical (unpaired) electrons. The second-order valence-electron chi connectivity index (χ2n) is 5.76. The fraction of sp³-hybridized carbons (Fsp3) is 0.211. The van der Waals surface area contributed by atoms with Gasteiger partial charge >= 0.3 is 0 Å². The van der Waals surface area contributed by atoms with Gasteiger partial charge in [-0.15, -0.1) is 0 Å². The molecule has 112 valence electrons. The molecule has 22 heavy (non-hydrogen) atoms. The summed E-state index contributed by atoms with van der Waals surface area (Å²) in [5.74, 6) is 0.156. The van der Waals surface area contributed by atoms with Crippen LogP contribution in [-0.2, 0) is 0 Å². The third-order valence-electron chi connectivity index (χ3n) is 3.83. The van der Waals surface area contributed by atoms with Gasteiger partial charge in [0, 0.05) is 29.4 Å². The van der Waals surface area contributed by atoms with Gasteiger partial charge < -0.3 is 9.88 Å². The van der Waals surface area contributed by atoms with Crippen LogP contribution < -0.4 is 0 Å². The van der Waals surface area contributed by atoms with Crippen molar-refractivity contribution in [3.63, 3.8) is 0 Å². The number of hydrogen-bond donors (Lipinski definition) is 1. The molecule has 0 atom stereocenters. The van der Waals surface area contributed by atoms with Crippen LogP contribution in [0.25, 0.3) is 22.0 Å². The van der Waals surface area contributed by atoms with Gasteiger partial charge in [0.05, 0.1) is 5.69 Å². The smallest absolute Gasteiger partial charge is 0.180 e. The minimum atomic E-state index is 0.156. The van der Waals surface area contributed by atoms with Gasteiger partial charge in [0.1, 0.15) is 0 Å². The molecule has 0 aliphatic carbocycles. The fourth-order valence-corrected chi connectivity index (χ4v) is 2.71. The van der Waals surface area contributed by atoms with Crippen molar-refractivity contribution in [2.45, 2.75) is 6.42 Å². The number of aromatic amines is 1. The summed E-state index contributed by atoms with van der Waals surface area (Å²) in [5, 5.41) is 1.10. The van der Waals surface area contributed by atoms with E-state index < -0.39 is 0 Å². The largest absolute Gasteiger partial charge is 0.352 e. The minimum Gasteiger partial charge on any atom is -0.352 e. The number of fused-ring (bicyclic) bond motifs is 1. The van der Waals surface area contributed by atoms with Crippen LogP contribution in [0, 0.1) is 0 Å². The van der Waals surface area contributed by atoms with Crippen LogP contribution in [0.1, 0.15) is 16.9 Å². The molecule has 0 unspecified atom stereocenters. The molecular weight excluding hydrogens is 272 g/mol. The molecule has 0 saturated carbocycles. The lowest BCUT2D eigenvalue weighted by Crippen LogP contribution is -2.17. The van der Waals surface area contributed by atoms with E-state index in [1.54, 1.807) is 0 Å². The van der Waals surface area contributed by atoms with E-state index in [9.17, 15) is 4.79 Å². The van der Waals surface area contributed by atoms with Crippen LogP contribution in [-0.4, -0.2) is 36.3 Å². The highest BCUT2D eigenvalue weighted by Gasteiger charge is 2.18. The van der Waals surface area contributed by atoms with E-state index in [0.29, 0.717) is 12.1 Å². The van der Waals surface area contributed by atoms with Crippen LogP contribution in [0.4, 0.5) is 0 Å². The Hall–Kier alpha value is -2.39. The van der Waals surface area contributed by atoms with E-state index in [2.05, 4.69) is 23.2 Å². The number of rotatable bonds is 5. The van der Waals surface area contributed by atoms with Crippen LogP contribution in [0.15, 0.2) is 54.6 Å². The maximum Gasteiger partial charge on any atom is 0.180 e. The monoisotopic (exact) mass is 292 g/mol. The lowest BCUT2D eigenvalue weighted by molar-refractivity contribution is 0.0969. The number of benzene rings is 2. The molecule has 0 spiro atoms. The summed E-state index contributed by atoms with van der Waals surface area (Å²) in [6, 6.07) is 18.2. The van der Waals surface area contributed by atoms with Crippen LogP contribution >= 0.6 is 0 Å². The predicted octanol–water partition coefficient (Wildman–Crippen LogP) is 3.97. The third-order valence-corrected chi connectivity index (χ3v) is 3.83. The van der Waals surface area contributed by atoms with Crippen LogP contribution in [0.5, 0.6) is 0 Å². The highest BCUT2D eigenvalue weighted by Crippen LogP contribution is 2.32. The van der Waals surface area contributed by atoms with Gasteiger partial charge in [-0.3, -0.25) is 4.79 Å². The zero-order valence-corrected chi connectivity index (χ0v) is 13.0. The third kappa shape index (κ3) is 2.81. The number of aromatic nitrogens is 1. The number of carbonyl (C=O) groups excluding carboxylic acids is 1. The molecule has 0 aliphatic rings. The number of nitrogens with one attached hydrogen (secondary N) is 1. The summed E-state index contributed by atoms with van der Waals surface area (Å²) in [6.07, 6.45) is 0.514. The van der Waals surface area contributed by atoms with Crippen molar-refractivity contribution in [3.8, 4) is 11.1 Å². The molecule has 0 aliphatic heterocycles. The second-order valence-corrected chi connectivity index (χ2v) is 5.76. The Balaban J connectivity index is 2.11. The minimum absolute atomic E-state index is 0.156. The van der Waals surface area contributed by atoms with Crippen LogP contribution in [0.2, 0.25) is 0 Å². The molecule has 1 heterocycles. The van der Waals surface area contributed by atoms with E-state index in [1.807, 2.05) is 55.4 Å². The number of hydrogen-bond acceptors (Lipinski definition) is 2. The molecule has 0 fully saturated rings. The molecule has 3 rings (SSSR count). The number of para-hydroxylation sites is 1. The number of Topliss-reactive ketones (excluding diaryl/α,β-unsaturated/α-hetero) is 1. The Labute approximate surface area is 130 Å². The molecule has 1 N–H and O–H groups in total. The molecular formula is C19H20N2O. The molecule has 0 amide bonds. The van der Waals surface area contributed by atoms with E-state index >= 15 is 0 Å². The molecule has 1 aromatic heterocycles. The van der Waals surface area contributed by atoms with Gasteiger partial charge in [-0.1, -0.05) is 48.5 Å². The molecule has 2 aromatic carbocycles. The second kappa shape index (κ2) is 6.16. The summed E-state index contributed by atoms with van der Waals surface area (Å²) in [7, 11) is 3.97. The number of carbonyl (C=O) groups is 1. The Morgan fingerprint density at radius 3 is 2.41 bits per heavy atom. The average molecular weight is 292 g/mol. The lowest BCUT2D eigenvalue weighted by atomic mass is 9.99. The summed E-state index contributed by atoms with van der Waals surface area (Å²) >= 11 is 0. The first kappa shape index (κ1) is 14.5. The maximum absolute atomic E-state index is 12.7. The first-order chi connectivity index (χ1) is 10.7. The normalized spacial score (nSPS) is 11.2. The molecule has 3 heteroatoms. The SMILES string of the molecule is CN(C)CCC(=O)c1[nH]c2ccccc2c1-c1ccccc1. The predicted molar refractivity (Wildman–Crippen MR) is 91.2 cm³/mol. The van der Waals surface area contributed by atoms with Crippen molar-refractivity contribution in [3.05, 3.63) is 60.3 Å². The van der Waals surface area contributed by atoms with Gasteiger partial charge in [0.25, 0.3) is 0 Å². The Morgan fingerprint density at radius 1 is 1.00 bits per heavy atom. The van der Waals surface area contributed by atoms with Crippen molar-refractivity contribution >= 4 is 16.7 Å². The fourth-order valence-electron chi connectivity index (χ4n) is 2.71. The van der Waals surface area contributed by atoms with Crippen molar-refractivity contribution in [1.29, 1.82) is 0 Å². The summed E-state index contributed by atoms with van der Waals surface area (Å²) < 4.78 is 0. The van der Waals surface area contributed by atoms with Gasteiger partial charge in [0.2, 0.25) is 0 Å². The van der Waals surface area contributed by atoms with E-state index in [4.69, 9.17) is 0 Å². The van der Waals surface area contributed by atoms with Gasteiger partial charge in [0.15, 0.2) is 5.78 Å². The molecule has 3 nitrogen and oxygen atoms in total. The Bertz CT molecular complexity index is 788. The Morgan fingerprint density at radius 2 is 1.68 bits per heavy atom. The van der Waals surface area contributed by atoms with Crippen molar-refractivity contribution in [1.82, 2.24) is 9.88 Å². The average Bonchev–Trinajstić information content (AvgIpc) is 2.93. The van der Waals surface area contributed by atoms with Crippen LogP contribution in [0.3, 0.4) is 0 Å². The zero-order valence-electron chi connectivity index (χ0n) is 13.0. The Kier molecular flexibility index (Phi) is 4.07. The van der Waals surface area contributed by atoms with Crippen molar-refractivity contribution < 1.29 is 4.79 Å². The lowest BCUT2D eigenvalue weighted by Gasteiger charge is -2.09. The quantitative estimate of drug-likeness (QED) is 0.722. The van der Waals surface area contributed by atoms with E-state index in [1.165, 1.54) is 0 Å². The summed E-state index contributed by atoms with van der Waals surface area (Å²) in [4.78, 5) is 18.0. The standard InChI is InChI=1S/C19H20N2O/c1-21(2)13-12-17(22)19-18(14-8-4-3-5-9-14)15-10-6-7-11-16(15)20-19/h3-11,20H,12-13H2,1-2H3.